The Labute approximate surface area is 178 Å². The fourth-order valence-electron chi connectivity index (χ4n) is 3.38. The molecule has 6 heteroatoms. The Morgan fingerprint density at radius 1 is 0.867 bits per heavy atom. The van der Waals surface area contributed by atoms with Crippen LogP contribution in [0.2, 0.25) is 0 Å². The SMILES string of the molecule is Cc1cc(C)cc(NS(=O)(=O)c2cc(C(=O)NC(C)c3ccccc3)ccc2C)c1. The summed E-state index contributed by atoms with van der Waals surface area (Å²) in [7, 11) is -3.84. The number of carbonyl (C=O) groups excluding carboxylic acids is 1. The second kappa shape index (κ2) is 8.71. The lowest BCUT2D eigenvalue weighted by molar-refractivity contribution is 0.0939. The van der Waals surface area contributed by atoms with Crippen molar-refractivity contribution in [2.24, 2.45) is 0 Å². The van der Waals surface area contributed by atoms with E-state index >= 15 is 0 Å². The lowest BCUT2D eigenvalue weighted by atomic mass is 10.1. The lowest BCUT2D eigenvalue weighted by Crippen LogP contribution is -2.27. The summed E-state index contributed by atoms with van der Waals surface area (Å²) in [6.45, 7) is 7.43. The molecule has 0 spiro atoms. The number of amides is 1. The van der Waals surface area contributed by atoms with Gasteiger partial charge in [0.25, 0.3) is 15.9 Å². The summed E-state index contributed by atoms with van der Waals surface area (Å²) in [5.74, 6) is -0.325. The zero-order valence-corrected chi connectivity index (χ0v) is 18.4. The predicted molar refractivity (Wildman–Crippen MR) is 120 cm³/mol. The van der Waals surface area contributed by atoms with E-state index in [-0.39, 0.29) is 16.8 Å². The van der Waals surface area contributed by atoms with Gasteiger partial charge in [-0.25, -0.2) is 8.42 Å². The molecule has 0 aliphatic heterocycles. The molecule has 0 aromatic heterocycles. The number of hydrogen-bond donors (Lipinski definition) is 2. The molecular formula is C24H26N2O3S. The third-order valence-electron chi connectivity index (χ3n) is 4.86. The molecule has 3 aromatic rings. The van der Waals surface area contributed by atoms with Crippen LogP contribution in [0, 0.1) is 20.8 Å². The van der Waals surface area contributed by atoms with E-state index in [2.05, 4.69) is 10.0 Å². The van der Waals surface area contributed by atoms with Crippen LogP contribution in [0.4, 0.5) is 5.69 Å². The van der Waals surface area contributed by atoms with Gasteiger partial charge >= 0.3 is 0 Å². The molecule has 3 aromatic carbocycles. The van der Waals surface area contributed by atoms with Gasteiger partial charge in [-0.15, -0.1) is 0 Å². The maximum atomic E-state index is 13.0. The van der Waals surface area contributed by atoms with E-state index in [4.69, 9.17) is 0 Å². The molecule has 0 radical (unpaired) electrons. The Morgan fingerprint density at radius 2 is 1.50 bits per heavy atom. The number of anilines is 1. The van der Waals surface area contributed by atoms with Crippen LogP contribution >= 0.6 is 0 Å². The smallest absolute Gasteiger partial charge is 0.262 e. The zero-order chi connectivity index (χ0) is 21.9. The van der Waals surface area contributed by atoms with E-state index in [1.165, 1.54) is 6.07 Å². The van der Waals surface area contributed by atoms with Crippen LogP contribution in [0.3, 0.4) is 0 Å². The van der Waals surface area contributed by atoms with Crippen LogP contribution in [0.25, 0.3) is 0 Å². The van der Waals surface area contributed by atoms with Crippen molar-refractivity contribution in [2.45, 2.75) is 38.6 Å². The largest absolute Gasteiger partial charge is 0.346 e. The molecule has 0 fully saturated rings. The quantitative estimate of drug-likeness (QED) is 0.593. The second-order valence-electron chi connectivity index (χ2n) is 7.57. The minimum Gasteiger partial charge on any atom is -0.346 e. The van der Waals surface area contributed by atoms with Gasteiger partial charge in [-0.1, -0.05) is 42.5 Å². The molecule has 0 aliphatic carbocycles. The van der Waals surface area contributed by atoms with Crippen LogP contribution in [0.1, 0.15) is 45.6 Å². The molecule has 0 aliphatic rings. The maximum absolute atomic E-state index is 13.0. The molecule has 1 unspecified atom stereocenters. The van der Waals surface area contributed by atoms with E-state index in [1.807, 2.05) is 57.2 Å². The first-order chi connectivity index (χ1) is 14.2. The highest BCUT2D eigenvalue weighted by atomic mass is 32.2. The Balaban J connectivity index is 1.86. The molecule has 3 rings (SSSR count). The van der Waals surface area contributed by atoms with Gasteiger partial charge in [-0.05, 0) is 74.2 Å². The molecule has 156 valence electrons. The normalized spacial score (nSPS) is 12.3. The fourth-order valence-corrected chi connectivity index (χ4v) is 4.69. The fraction of sp³-hybridized carbons (Fsp3) is 0.208. The maximum Gasteiger partial charge on any atom is 0.262 e. The van der Waals surface area contributed by atoms with Gasteiger partial charge in [-0.3, -0.25) is 9.52 Å². The molecule has 1 atom stereocenters. The highest BCUT2D eigenvalue weighted by molar-refractivity contribution is 7.92. The van der Waals surface area contributed by atoms with E-state index in [1.54, 1.807) is 31.2 Å². The molecule has 0 saturated heterocycles. The Hall–Kier alpha value is -3.12. The molecule has 0 saturated carbocycles. The summed E-state index contributed by atoms with van der Waals surface area (Å²) in [5.41, 5.74) is 4.27. The predicted octanol–water partition coefficient (Wildman–Crippen LogP) is 4.90. The van der Waals surface area contributed by atoms with Crippen molar-refractivity contribution < 1.29 is 13.2 Å². The van der Waals surface area contributed by atoms with E-state index in [0.29, 0.717) is 16.8 Å². The average Bonchev–Trinajstić information content (AvgIpc) is 2.67. The van der Waals surface area contributed by atoms with Crippen molar-refractivity contribution >= 4 is 21.6 Å². The van der Waals surface area contributed by atoms with Crippen molar-refractivity contribution in [1.82, 2.24) is 5.32 Å². The summed E-state index contributed by atoms with van der Waals surface area (Å²) in [6, 6.07) is 19.6. The van der Waals surface area contributed by atoms with Crippen LogP contribution in [-0.4, -0.2) is 14.3 Å². The van der Waals surface area contributed by atoms with Gasteiger partial charge in [-0.2, -0.15) is 0 Å². The van der Waals surface area contributed by atoms with Crippen LogP contribution in [0.15, 0.2) is 71.6 Å². The number of aryl methyl sites for hydroxylation is 3. The average molecular weight is 423 g/mol. The van der Waals surface area contributed by atoms with Gasteiger partial charge in [0, 0.05) is 11.3 Å². The van der Waals surface area contributed by atoms with Crippen LogP contribution in [0.5, 0.6) is 0 Å². The number of benzene rings is 3. The molecule has 30 heavy (non-hydrogen) atoms. The molecule has 1 amide bonds. The summed E-state index contributed by atoms with van der Waals surface area (Å²) in [4.78, 5) is 12.8. The summed E-state index contributed by atoms with van der Waals surface area (Å²) in [6.07, 6.45) is 0. The highest BCUT2D eigenvalue weighted by Crippen LogP contribution is 2.23. The highest BCUT2D eigenvalue weighted by Gasteiger charge is 2.20. The number of sulfonamides is 1. The van der Waals surface area contributed by atoms with Gasteiger partial charge in [0.2, 0.25) is 0 Å². The summed E-state index contributed by atoms with van der Waals surface area (Å²) < 4.78 is 28.7. The Kier molecular flexibility index (Phi) is 6.27. The topological polar surface area (TPSA) is 75.3 Å². The Bertz CT molecular complexity index is 1150. The molecule has 5 nitrogen and oxygen atoms in total. The van der Waals surface area contributed by atoms with E-state index in [9.17, 15) is 13.2 Å². The van der Waals surface area contributed by atoms with Gasteiger partial charge < -0.3 is 5.32 Å². The first kappa shape index (κ1) is 21.6. The summed E-state index contributed by atoms with van der Waals surface area (Å²) >= 11 is 0. The van der Waals surface area contributed by atoms with E-state index < -0.39 is 10.0 Å². The summed E-state index contributed by atoms with van der Waals surface area (Å²) in [5, 5.41) is 2.92. The minimum atomic E-state index is -3.84. The van der Waals surface area contributed by atoms with Crippen LogP contribution in [-0.2, 0) is 10.0 Å². The third-order valence-corrected chi connectivity index (χ3v) is 6.38. The Morgan fingerprint density at radius 3 is 2.13 bits per heavy atom. The minimum absolute atomic E-state index is 0.0849. The van der Waals surface area contributed by atoms with E-state index in [0.717, 1.165) is 16.7 Å². The first-order valence-corrected chi connectivity index (χ1v) is 11.2. The number of rotatable bonds is 6. The zero-order valence-electron chi connectivity index (χ0n) is 17.6. The van der Waals surface area contributed by atoms with Gasteiger partial charge in [0.1, 0.15) is 0 Å². The number of carbonyl (C=O) groups is 1. The number of hydrogen-bond acceptors (Lipinski definition) is 3. The molecule has 0 heterocycles. The number of nitrogens with one attached hydrogen (secondary N) is 2. The van der Waals surface area contributed by atoms with Crippen molar-refractivity contribution in [1.29, 1.82) is 0 Å². The van der Waals surface area contributed by atoms with Crippen molar-refractivity contribution in [2.75, 3.05) is 4.72 Å². The lowest BCUT2D eigenvalue weighted by Gasteiger charge is -2.16. The monoisotopic (exact) mass is 422 g/mol. The standard InChI is InChI=1S/C24H26N2O3S/c1-16-12-17(2)14-22(13-16)26-30(28,29)23-15-21(11-10-18(23)3)24(27)25-19(4)20-8-6-5-7-9-20/h5-15,19,26H,1-4H3,(H,25,27). The van der Waals surface area contributed by atoms with Gasteiger partial charge in [0.15, 0.2) is 0 Å². The van der Waals surface area contributed by atoms with Crippen LogP contribution < -0.4 is 10.0 Å². The van der Waals surface area contributed by atoms with Gasteiger partial charge in [0.05, 0.1) is 10.9 Å². The third kappa shape index (κ3) is 5.07. The van der Waals surface area contributed by atoms with Crippen molar-refractivity contribution in [3.63, 3.8) is 0 Å². The molecular weight excluding hydrogens is 396 g/mol. The molecule has 2 N–H and O–H groups in total. The first-order valence-electron chi connectivity index (χ1n) is 9.73. The van der Waals surface area contributed by atoms with Crippen molar-refractivity contribution in [3.8, 4) is 0 Å². The van der Waals surface area contributed by atoms with Crippen molar-refractivity contribution in [3.05, 3.63) is 94.5 Å². The molecule has 0 bridgehead atoms. The second-order valence-corrected chi connectivity index (χ2v) is 9.22.